The smallest absolute Gasteiger partial charge is 0.314 e. The van der Waals surface area contributed by atoms with Crippen molar-refractivity contribution in [1.29, 1.82) is 0 Å². The Hall–Kier alpha value is -3.29. The Balaban J connectivity index is 2.05. The molecule has 0 saturated heterocycles. The molecule has 1 fully saturated rings. The van der Waals surface area contributed by atoms with Crippen molar-refractivity contribution >= 4 is 22.8 Å². The number of benzene rings is 2. The Morgan fingerprint density at radius 3 is 2.32 bits per heavy atom. The van der Waals surface area contributed by atoms with Gasteiger partial charge in [0, 0.05) is 22.2 Å². The predicted octanol–water partition coefficient (Wildman–Crippen LogP) is 4.90. The molecule has 8 heteroatoms. The Morgan fingerprint density at radius 2 is 1.77 bits per heavy atom. The number of hydrogen-bond donors (Lipinski definition) is 2. The molecule has 31 heavy (non-hydrogen) atoms. The molecule has 1 saturated carbocycles. The average Bonchev–Trinajstić information content (AvgIpc) is 2.97. The van der Waals surface area contributed by atoms with Crippen LogP contribution >= 0.6 is 0 Å². The second kappa shape index (κ2) is 7.14. The third kappa shape index (κ3) is 2.92. The number of carbonyl (C=O) groups excluding carboxylic acids is 1. The molecule has 0 aliphatic heterocycles. The summed E-state index contributed by atoms with van der Waals surface area (Å²) in [6.07, 6.45) is 2.10. The molecule has 2 aromatic carbocycles. The number of aromatic nitrogens is 1. The molecule has 162 valence electrons. The normalized spacial score (nSPS) is 16.2. The van der Waals surface area contributed by atoms with Crippen molar-refractivity contribution in [2.24, 2.45) is 5.92 Å². The molecule has 1 aliphatic rings. The Morgan fingerprint density at radius 1 is 1.10 bits per heavy atom. The third-order valence-electron chi connectivity index (χ3n) is 6.54. The maximum atomic E-state index is 15.1. The van der Waals surface area contributed by atoms with Gasteiger partial charge in [0.05, 0.1) is 10.9 Å². The van der Waals surface area contributed by atoms with E-state index in [-0.39, 0.29) is 33.6 Å². The van der Waals surface area contributed by atoms with Gasteiger partial charge in [0.1, 0.15) is 0 Å². The quantitative estimate of drug-likeness (QED) is 0.616. The molecule has 0 unspecified atom stereocenters. The minimum Gasteiger partial charge on any atom is -0.505 e. The minimum absolute atomic E-state index is 0.0457. The summed E-state index contributed by atoms with van der Waals surface area (Å²) in [6, 6.07) is 5.03. The summed E-state index contributed by atoms with van der Waals surface area (Å²) in [5.41, 5.74) is -1.37. The van der Waals surface area contributed by atoms with E-state index in [9.17, 15) is 28.6 Å². The van der Waals surface area contributed by atoms with Gasteiger partial charge in [0.15, 0.2) is 23.2 Å². The van der Waals surface area contributed by atoms with Gasteiger partial charge < -0.3 is 10.2 Å². The van der Waals surface area contributed by atoms with Gasteiger partial charge in [-0.15, -0.1) is 0 Å². The first kappa shape index (κ1) is 21.0. The fraction of sp³-hybridized carbons (Fsp3) is 0.304. The lowest BCUT2D eigenvalue weighted by molar-refractivity contribution is -0.146. The number of nitrogens with zero attached hydrogens (tertiary/aromatic N) is 1. The molecule has 1 heterocycles. The van der Waals surface area contributed by atoms with Crippen LogP contribution in [0.4, 0.5) is 13.2 Å². The van der Waals surface area contributed by atoms with Gasteiger partial charge in [-0.1, -0.05) is 6.42 Å². The van der Waals surface area contributed by atoms with Crippen molar-refractivity contribution in [3.63, 3.8) is 0 Å². The zero-order chi connectivity index (χ0) is 22.7. The number of aromatic hydroxyl groups is 1. The minimum atomic E-state index is -1.51. The fourth-order valence-corrected chi connectivity index (χ4v) is 4.58. The van der Waals surface area contributed by atoms with Crippen LogP contribution in [0.15, 0.2) is 30.3 Å². The van der Waals surface area contributed by atoms with E-state index < -0.39 is 40.5 Å². The Labute approximate surface area is 175 Å². The topological polar surface area (TPSA) is 79.5 Å². The maximum Gasteiger partial charge on any atom is 0.314 e. The van der Waals surface area contributed by atoms with Crippen LogP contribution in [-0.2, 0) is 10.2 Å². The van der Waals surface area contributed by atoms with E-state index in [4.69, 9.17) is 0 Å². The molecular weight excluding hydrogens is 411 g/mol. The summed E-state index contributed by atoms with van der Waals surface area (Å²) < 4.78 is 43.3. The molecule has 3 aromatic rings. The van der Waals surface area contributed by atoms with Gasteiger partial charge in [-0.2, -0.15) is 0 Å². The van der Waals surface area contributed by atoms with Gasteiger partial charge >= 0.3 is 5.97 Å². The third-order valence-corrected chi connectivity index (χ3v) is 6.54. The van der Waals surface area contributed by atoms with Crippen molar-refractivity contribution in [3.8, 4) is 5.75 Å². The first-order chi connectivity index (χ1) is 14.6. The highest BCUT2D eigenvalue weighted by molar-refractivity contribution is 6.06. The second-order valence-corrected chi connectivity index (χ2v) is 8.16. The summed E-state index contributed by atoms with van der Waals surface area (Å²) in [7, 11) is 0. The van der Waals surface area contributed by atoms with Crippen LogP contribution in [0.25, 0.3) is 10.9 Å². The number of phenolic OH excluding ortho intramolecular Hbond substituents is 1. The van der Waals surface area contributed by atoms with Crippen molar-refractivity contribution < 1.29 is 33.0 Å². The molecule has 4 rings (SSSR count). The summed E-state index contributed by atoms with van der Waals surface area (Å²) in [5.74, 6) is -6.24. The van der Waals surface area contributed by atoms with Crippen LogP contribution in [0.3, 0.4) is 0 Å². The zero-order valence-electron chi connectivity index (χ0n) is 16.9. The Kier molecular flexibility index (Phi) is 4.83. The summed E-state index contributed by atoms with van der Waals surface area (Å²) in [4.78, 5) is 25.7. The number of carbonyl (C=O) groups is 2. The Bertz CT molecular complexity index is 1250. The van der Waals surface area contributed by atoms with Gasteiger partial charge in [-0.25, -0.2) is 13.2 Å². The molecule has 1 aliphatic carbocycles. The van der Waals surface area contributed by atoms with E-state index in [1.54, 1.807) is 0 Å². The van der Waals surface area contributed by atoms with Crippen LogP contribution in [0.5, 0.6) is 5.75 Å². The summed E-state index contributed by atoms with van der Waals surface area (Å²) in [5, 5.41) is 19.9. The van der Waals surface area contributed by atoms with Gasteiger partial charge in [0.25, 0.3) is 5.91 Å². The van der Waals surface area contributed by atoms with E-state index in [1.165, 1.54) is 19.9 Å². The van der Waals surface area contributed by atoms with Crippen molar-refractivity contribution in [2.45, 2.75) is 38.5 Å². The molecule has 1 atom stereocenters. The number of carboxylic acid groups (broad SMARTS) is 1. The lowest BCUT2D eigenvalue weighted by Gasteiger charge is -2.40. The number of halogens is 3. The van der Waals surface area contributed by atoms with Crippen LogP contribution in [-0.4, -0.2) is 26.7 Å². The van der Waals surface area contributed by atoms with Crippen molar-refractivity contribution in [2.75, 3.05) is 0 Å². The molecule has 0 radical (unpaired) electrons. The first-order valence-corrected chi connectivity index (χ1v) is 9.85. The number of phenols is 1. The van der Waals surface area contributed by atoms with E-state index >= 15 is 4.39 Å². The fourth-order valence-electron chi connectivity index (χ4n) is 4.58. The van der Waals surface area contributed by atoms with Gasteiger partial charge in [-0.05, 0) is 62.9 Å². The molecular formula is C23H20F3NO4. The van der Waals surface area contributed by atoms with E-state index in [2.05, 4.69) is 0 Å². The molecule has 2 N–H and O–H groups in total. The number of rotatable bonds is 4. The number of carboxylic acids is 1. The lowest BCUT2D eigenvalue weighted by Crippen LogP contribution is -2.44. The molecule has 0 amide bonds. The van der Waals surface area contributed by atoms with E-state index in [0.717, 1.165) is 35.3 Å². The second-order valence-electron chi connectivity index (χ2n) is 8.16. The maximum absolute atomic E-state index is 15.1. The van der Waals surface area contributed by atoms with E-state index in [0.29, 0.717) is 12.8 Å². The first-order valence-electron chi connectivity index (χ1n) is 9.85. The number of aliphatic carboxylic acids is 1. The standard InChI is InChI=1S/C23H20F3NO4/c1-11-19(23(2,22(30)31)13-4-3-5-13)18-16(8-9-17(28)20(18)26)27(11)21(29)12-6-7-14(24)15(25)10-12/h6-10,13,28H,3-5H2,1-2H3,(H,30,31)/t23-/m1/s1. The van der Waals surface area contributed by atoms with Crippen molar-refractivity contribution in [3.05, 3.63) is 64.6 Å². The van der Waals surface area contributed by atoms with Crippen LogP contribution < -0.4 is 0 Å². The van der Waals surface area contributed by atoms with Gasteiger partial charge in [-0.3, -0.25) is 14.2 Å². The van der Waals surface area contributed by atoms with Crippen molar-refractivity contribution in [1.82, 2.24) is 4.57 Å². The SMILES string of the molecule is Cc1c([C@](C)(C(=O)O)C2CCC2)c2c(F)c(O)ccc2n1C(=O)c1ccc(F)c(F)c1. The monoisotopic (exact) mass is 431 g/mol. The summed E-state index contributed by atoms with van der Waals surface area (Å²) in [6.45, 7) is 2.99. The van der Waals surface area contributed by atoms with Crippen LogP contribution in [0, 0.1) is 30.3 Å². The molecule has 0 spiro atoms. The highest BCUT2D eigenvalue weighted by Crippen LogP contribution is 2.49. The number of hydrogen-bond acceptors (Lipinski definition) is 3. The largest absolute Gasteiger partial charge is 0.505 e. The van der Waals surface area contributed by atoms with Gasteiger partial charge in [0.2, 0.25) is 0 Å². The molecule has 0 bridgehead atoms. The molecule has 5 nitrogen and oxygen atoms in total. The highest BCUT2D eigenvalue weighted by atomic mass is 19.2. The highest BCUT2D eigenvalue weighted by Gasteiger charge is 2.49. The predicted molar refractivity (Wildman–Crippen MR) is 107 cm³/mol. The van der Waals surface area contributed by atoms with Crippen LogP contribution in [0.2, 0.25) is 0 Å². The average molecular weight is 431 g/mol. The molecule has 1 aromatic heterocycles. The van der Waals surface area contributed by atoms with E-state index in [1.807, 2.05) is 0 Å². The van der Waals surface area contributed by atoms with Crippen LogP contribution in [0.1, 0.15) is 47.8 Å². The summed E-state index contributed by atoms with van der Waals surface area (Å²) >= 11 is 0. The lowest BCUT2D eigenvalue weighted by atomic mass is 9.62. The number of fused-ring (bicyclic) bond motifs is 1. The zero-order valence-corrected chi connectivity index (χ0v) is 16.9.